The highest BCUT2D eigenvalue weighted by atomic mass is 17.1. The molecule has 0 aromatic heterocycles. The van der Waals surface area contributed by atoms with Gasteiger partial charge >= 0.3 is 11.9 Å². The van der Waals surface area contributed by atoms with Gasteiger partial charge in [-0.05, 0) is 20.3 Å². The van der Waals surface area contributed by atoms with Crippen LogP contribution < -0.4 is 0 Å². The number of hydrogen-bond donors (Lipinski definition) is 1. The van der Waals surface area contributed by atoms with Crippen LogP contribution in [0.25, 0.3) is 0 Å². The second kappa shape index (κ2) is 4.81. The minimum atomic E-state index is -1.40. The third-order valence-corrected chi connectivity index (χ3v) is 1.47. The van der Waals surface area contributed by atoms with Gasteiger partial charge in [-0.3, -0.25) is 4.89 Å². The van der Waals surface area contributed by atoms with Crippen molar-refractivity contribution >= 4 is 11.9 Å². The number of ether oxygens (including phenoxy) is 1. The smallest absolute Gasteiger partial charge is 0.449 e. The lowest BCUT2D eigenvalue weighted by Gasteiger charge is -2.23. The summed E-state index contributed by atoms with van der Waals surface area (Å²) in [5, 5.41) is 7.88. The van der Waals surface area contributed by atoms with Gasteiger partial charge < -0.3 is 4.74 Å². The molecule has 0 saturated heterocycles. The first kappa shape index (κ1) is 11.9. The standard InChI is InChI=1S/C8H14O5/c1-4-5-8(2,3)12-6(9)7(10)13-11/h11H,4-5H2,1-3H3. The molecule has 0 aliphatic rings. The van der Waals surface area contributed by atoms with E-state index in [1.54, 1.807) is 13.8 Å². The van der Waals surface area contributed by atoms with Crippen molar-refractivity contribution < 1.29 is 24.5 Å². The van der Waals surface area contributed by atoms with Crippen LogP contribution >= 0.6 is 0 Å². The van der Waals surface area contributed by atoms with E-state index in [9.17, 15) is 9.59 Å². The van der Waals surface area contributed by atoms with Gasteiger partial charge in [-0.15, -0.1) is 0 Å². The van der Waals surface area contributed by atoms with Gasteiger partial charge in [0.2, 0.25) is 0 Å². The van der Waals surface area contributed by atoms with E-state index in [2.05, 4.69) is 4.89 Å². The second-order valence-electron chi connectivity index (χ2n) is 3.28. The molecule has 0 bridgehead atoms. The Kier molecular flexibility index (Phi) is 4.40. The topological polar surface area (TPSA) is 72.8 Å². The molecule has 0 radical (unpaired) electrons. The summed E-state index contributed by atoms with van der Waals surface area (Å²) in [6.45, 7) is 5.29. The van der Waals surface area contributed by atoms with Gasteiger partial charge in [0.25, 0.3) is 0 Å². The summed E-state index contributed by atoms with van der Waals surface area (Å²) < 4.78 is 4.76. The Morgan fingerprint density at radius 2 is 1.85 bits per heavy atom. The summed E-state index contributed by atoms with van der Waals surface area (Å²) in [5.41, 5.74) is -0.708. The van der Waals surface area contributed by atoms with Crippen LogP contribution in [0.15, 0.2) is 0 Å². The van der Waals surface area contributed by atoms with Crippen molar-refractivity contribution in [3.05, 3.63) is 0 Å². The molecule has 5 nitrogen and oxygen atoms in total. The molecule has 0 unspecified atom stereocenters. The maximum absolute atomic E-state index is 10.8. The van der Waals surface area contributed by atoms with Gasteiger partial charge in [0.1, 0.15) is 5.60 Å². The predicted molar refractivity (Wildman–Crippen MR) is 43.8 cm³/mol. The lowest BCUT2D eigenvalue weighted by Crippen LogP contribution is -2.32. The molecule has 0 aromatic carbocycles. The van der Waals surface area contributed by atoms with Crippen LogP contribution in [0.5, 0.6) is 0 Å². The average Bonchev–Trinajstić information content (AvgIpc) is 2.01. The minimum Gasteiger partial charge on any atom is -0.451 e. The molecule has 0 aliphatic heterocycles. The van der Waals surface area contributed by atoms with Gasteiger partial charge in [0.05, 0.1) is 0 Å². The van der Waals surface area contributed by atoms with Crippen molar-refractivity contribution in [2.24, 2.45) is 0 Å². The molecule has 0 heterocycles. The van der Waals surface area contributed by atoms with Crippen molar-refractivity contribution in [2.45, 2.75) is 39.2 Å². The molecule has 0 aromatic rings. The average molecular weight is 190 g/mol. The van der Waals surface area contributed by atoms with Gasteiger partial charge in [0.15, 0.2) is 0 Å². The van der Waals surface area contributed by atoms with Crippen LogP contribution in [0.3, 0.4) is 0 Å². The molecule has 5 heteroatoms. The summed E-state index contributed by atoms with van der Waals surface area (Å²) >= 11 is 0. The van der Waals surface area contributed by atoms with Crippen molar-refractivity contribution in [2.75, 3.05) is 0 Å². The zero-order valence-corrected chi connectivity index (χ0v) is 7.99. The third-order valence-electron chi connectivity index (χ3n) is 1.47. The van der Waals surface area contributed by atoms with E-state index in [-0.39, 0.29) is 0 Å². The SMILES string of the molecule is CCCC(C)(C)OC(=O)C(=O)OO. The zero-order valence-electron chi connectivity index (χ0n) is 7.99. The van der Waals surface area contributed by atoms with E-state index >= 15 is 0 Å². The fraction of sp³-hybridized carbons (Fsp3) is 0.750. The molecule has 0 saturated carbocycles. The Balaban J connectivity index is 4.11. The van der Waals surface area contributed by atoms with E-state index < -0.39 is 17.5 Å². The first-order valence-corrected chi connectivity index (χ1v) is 4.01. The Hall–Kier alpha value is -1.10. The zero-order chi connectivity index (χ0) is 10.5. The summed E-state index contributed by atoms with van der Waals surface area (Å²) in [4.78, 5) is 24.5. The van der Waals surface area contributed by atoms with Crippen molar-refractivity contribution in [1.82, 2.24) is 0 Å². The van der Waals surface area contributed by atoms with Crippen LogP contribution in [0.2, 0.25) is 0 Å². The largest absolute Gasteiger partial charge is 0.451 e. The molecule has 0 amide bonds. The molecule has 0 rings (SSSR count). The Labute approximate surface area is 76.6 Å². The highest BCUT2D eigenvalue weighted by Gasteiger charge is 2.27. The first-order chi connectivity index (χ1) is 5.93. The molecule has 0 fully saturated rings. The summed E-state index contributed by atoms with van der Waals surface area (Å²) in [7, 11) is 0. The molecule has 0 spiro atoms. The Morgan fingerprint density at radius 3 is 2.23 bits per heavy atom. The number of rotatable bonds is 3. The summed E-state index contributed by atoms with van der Waals surface area (Å²) in [6.07, 6.45) is 1.46. The highest BCUT2D eigenvalue weighted by Crippen LogP contribution is 2.16. The molecular weight excluding hydrogens is 176 g/mol. The van der Waals surface area contributed by atoms with Crippen molar-refractivity contribution in [3.8, 4) is 0 Å². The summed E-state index contributed by atoms with van der Waals surface area (Å²) in [5.74, 6) is -2.58. The fourth-order valence-corrected chi connectivity index (χ4v) is 0.983. The van der Waals surface area contributed by atoms with Crippen LogP contribution in [0.4, 0.5) is 0 Å². The van der Waals surface area contributed by atoms with E-state index in [0.717, 1.165) is 6.42 Å². The van der Waals surface area contributed by atoms with Crippen LogP contribution in [0.1, 0.15) is 33.6 Å². The number of hydrogen-bond acceptors (Lipinski definition) is 5. The molecule has 1 N–H and O–H groups in total. The number of esters is 1. The Bertz CT molecular complexity index is 197. The van der Waals surface area contributed by atoms with E-state index in [4.69, 9.17) is 9.99 Å². The minimum absolute atomic E-state index is 0.636. The number of carbonyl (C=O) groups excluding carboxylic acids is 2. The lowest BCUT2D eigenvalue weighted by molar-refractivity contribution is -0.239. The highest BCUT2D eigenvalue weighted by molar-refractivity contribution is 6.29. The van der Waals surface area contributed by atoms with Crippen molar-refractivity contribution in [3.63, 3.8) is 0 Å². The first-order valence-electron chi connectivity index (χ1n) is 4.01. The molecule has 76 valence electrons. The van der Waals surface area contributed by atoms with E-state index in [0.29, 0.717) is 6.42 Å². The lowest BCUT2D eigenvalue weighted by atomic mass is 10.0. The normalized spacial score (nSPS) is 10.8. The molecular formula is C8H14O5. The van der Waals surface area contributed by atoms with Gasteiger partial charge in [-0.25, -0.2) is 9.59 Å². The summed E-state index contributed by atoms with van der Waals surface area (Å²) in [6, 6.07) is 0. The third kappa shape index (κ3) is 4.47. The maximum atomic E-state index is 10.8. The monoisotopic (exact) mass is 190 g/mol. The Morgan fingerprint density at radius 1 is 1.31 bits per heavy atom. The molecule has 13 heavy (non-hydrogen) atoms. The molecule has 0 aliphatic carbocycles. The fourth-order valence-electron chi connectivity index (χ4n) is 0.983. The second-order valence-corrected chi connectivity index (χ2v) is 3.28. The van der Waals surface area contributed by atoms with Gasteiger partial charge in [-0.1, -0.05) is 13.3 Å². The van der Waals surface area contributed by atoms with E-state index in [1.807, 2.05) is 6.92 Å². The van der Waals surface area contributed by atoms with Crippen LogP contribution in [-0.2, 0) is 19.2 Å². The van der Waals surface area contributed by atoms with Gasteiger partial charge in [-0.2, -0.15) is 5.26 Å². The van der Waals surface area contributed by atoms with Crippen LogP contribution in [0, 0.1) is 0 Å². The quantitative estimate of drug-likeness (QED) is 0.312. The van der Waals surface area contributed by atoms with Crippen molar-refractivity contribution in [1.29, 1.82) is 0 Å². The number of carbonyl (C=O) groups is 2. The van der Waals surface area contributed by atoms with Gasteiger partial charge in [0, 0.05) is 0 Å². The maximum Gasteiger partial charge on any atom is 0.449 e. The predicted octanol–water partition coefficient (Wildman–Crippen LogP) is 1.12. The van der Waals surface area contributed by atoms with E-state index in [1.165, 1.54) is 0 Å². The van der Waals surface area contributed by atoms with Crippen LogP contribution in [-0.4, -0.2) is 22.8 Å². The molecule has 0 atom stereocenters.